The van der Waals surface area contributed by atoms with Crippen molar-refractivity contribution < 1.29 is 9.53 Å². The van der Waals surface area contributed by atoms with E-state index < -0.39 is 0 Å². The summed E-state index contributed by atoms with van der Waals surface area (Å²) in [6, 6.07) is 0.417. The molecule has 25 heavy (non-hydrogen) atoms. The number of carbonyl (C=O) groups is 1. The van der Waals surface area contributed by atoms with Gasteiger partial charge in [-0.1, -0.05) is 0 Å². The number of urea groups is 1. The molecule has 0 unspecified atom stereocenters. The van der Waals surface area contributed by atoms with Crippen LogP contribution in [0.3, 0.4) is 0 Å². The number of likely N-dealkylation sites (tertiary alicyclic amines) is 2. The second-order valence-electron chi connectivity index (χ2n) is 7.25. The van der Waals surface area contributed by atoms with Crippen molar-refractivity contribution in [3.05, 3.63) is 18.2 Å². The van der Waals surface area contributed by atoms with Gasteiger partial charge in [0.2, 0.25) is 0 Å². The van der Waals surface area contributed by atoms with Crippen molar-refractivity contribution in [1.29, 1.82) is 0 Å². The van der Waals surface area contributed by atoms with Gasteiger partial charge in [-0.25, -0.2) is 9.78 Å². The zero-order chi connectivity index (χ0) is 17.6. The predicted octanol–water partition coefficient (Wildman–Crippen LogP) is 1.42. The Bertz CT molecular complexity index is 545. The predicted molar refractivity (Wildman–Crippen MR) is 96.6 cm³/mol. The van der Waals surface area contributed by atoms with Gasteiger partial charge in [-0.2, -0.15) is 0 Å². The molecular weight excluding hydrogens is 318 g/mol. The van der Waals surface area contributed by atoms with Crippen LogP contribution >= 0.6 is 0 Å². The van der Waals surface area contributed by atoms with E-state index in [1.54, 1.807) is 7.11 Å². The minimum atomic E-state index is 0.110. The smallest absolute Gasteiger partial charge is 0.317 e. The summed E-state index contributed by atoms with van der Waals surface area (Å²) in [6.45, 7) is 5.50. The fourth-order valence-electron chi connectivity index (χ4n) is 3.93. The lowest BCUT2D eigenvalue weighted by atomic mass is 9.94. The van der Waals surface area contributed by atoms with E-state index in [1.165, 1.54) is 5.69 Å². The van der Waals surface area contributed by atoms with E-state index in [0.29, 0.717) is 12.0 Å². The van der Waals surface area contributed by atoms with Gasteiger partial charge in [0.25, 0.3) is 0 Å². The van der Waals surface area contributed by atoms with Gasteiger partial charge in [0.1, 0.15) is 0 Å². The first-order valence-electron chi connectivity index (χ1n) is 9.40. The van der Waals surface area contributed by atoms with Crippen LogP contribution in [0.2, 0.25) is 0 Å². The molecule has 1 aromatic rings. The van der Waals surface area contributed by atoms with Crippen molar-refractivity contribution in [2.45, 2.75) is 37.6 Å². The average Bonchev–Trinajstić information content (AvgIpc) is 3.07. The number of aromatic nitrogens is 2. The molecule has 0 bridgehead atoms. The number of imidazole rings is 1. The van der Waals surface area contributed by atoms with Crippen molar-refractivity contribution in [2.75, 3.05) is 46.4 Å². The Morgan fingerprint density at radius 2 is 1.96 bits per heavy atom. The summed E-state index contributed by atoms with van der Waals surface area (Å²) in [5, 5.41) is 3.24. The highest BCUT2D eigenvalue weighted by Crippen LogP contribution is 2.27. The number of ether oxygens (including phenoxy) is 1. The van der Waals surface area contributed by atoms with Gasteiger partial charge in [-0.05, 0) is 25.7 Å². The number of amides is 2. The molecule has 0 aromatic carbocycles. The number of aryl methyl sites for hydroxylation is 1. The zero-order valence-corrected chi connectivity index (χ0v) is 15.5. The highest BCUT2D eigenvalue weighted by molar-refractivity contribution is 5.74. The largest absolute Gasteiger partial charge is 0.383 e. The first-order valence-corrected chi connectivity index (χ1v) is 9.40. The molecule has 0 atom stereocenters. The van der Waals surface area contributed by atoms with Crippen LogP contribution in [0, 0.1) is 0 Å². The summed E-state index contributed by atoms with van der Waals surface area (Å²) < 4.78 is 7.23. The molecule has 3 heterocycles. The van der Waals surface area contributed by atoms with Crippen LogP contribution in [0.1, 0.15) is 37.3 Å². The van der Waals surface area contributed by atoms with Crippen molar-refractivity contribution in [2.24, 2.45) is 7.05 Å². The van der Waals surface area contributed by atoms with Crippen LogP contribution in [-0.4, -0.2) is 77.9 Å². The summed E-state index contributed by atoms with van der Waals surface area (Å²) in [4.78, 5) is 21.1. The molecule has 0 aliphatic carbocycles. The molecule has 7 nitrogen and oxygen atoms in total. The second kappa shape index (κ2) is 8.67. The SMILES string of the molecule is COCCN1CCC(NC(=O)N2CCC(c3cncn3C)CC2)CC1. The summed E-state index contributed by atoms with van der Waals surface area (Å²) in [5.74, 6) is 0.514. The van der Waals surface area contributed by atoms with E-state index >= 15 is 0 Å². The normalized spacial score (nSPS) is 20.8. The van der Waals surface area contributed by atoms with Gasteiger partial charge in [-0.3, -0.25) is 0 Å². The zero-order valence-electron chi connectivity index (χ0n) is 15.5. The van der Waals surface area contributed by atoms with Crippen LogP contribution in [0.4, 0.5) is 4.79 Å². The Labute approximate surface area is 150 Å². The number of hydrogen-bond donors (Lipinski definition) is 1. The number of nitrogens with one attached hydrogen (secondary N) is 1. The molecule has 7 heteroatoms. The topological polar surface area (TPSA) is 62.6 Å². The molecule has 1 N–H and O–H groups in total. The Balaban J connectivity index is 1.39. The maximum atomic E-state index is 12.5. The van der Waals surface area contributed by atoms with Crippen LogP contribution in [0.5, 0.6) is 0 Å². The molecule has 2 aliphatic rings. The number of carbonyl (C=O) groups excluding carboxylic acids is 1. The van der Waals surface area contributed by atoms with Crippen molar-refractivity contribution >= 4 is 6.03 Å². The molecule has 2 saturated heterocycles. The third kappa shape index (κ3) is 4.73. The van der Waals surface area contributed by atoms with Crippen LogP contribution in [0.15, 0.2) is 12.5 Å². The summed E-state index contributed by atoms with van der Waals surface area (Å²) in [7, 11) is 3.78. The molecule has 2 fully saturated rings. The lowest BCUT2D eigenvalue weighted by Crippen LogP contribution is -2.51. The molecule has 140 valence electrons. The fraction of sp³-hybridized carbons (Fsp3) is 0.778. The van der Waals surface area contributed by atoms with Gasteiger partial charge >= 0.3 is 6.03 Å². The Morgan fingerprint density at radius 1 is 1.24 bits per heavy atom. The molecule has 3 rings (SSSR count). The third-order valence-electron chi connectivity index (χ3n) is 5.58. The molecular formula is C18H31N5O2. The maximum absolute atomic E-state index is 12.5. The molecule has 0 saturated carbocycles. The van der Waals surface area contributed by atoms with E-state index in [-0.39, 0.29) is 6.03 Å². The van der Waals surface area contributed by atoms with Gasteiger partial charge in [0.05, 0.1) is 12.9 Å². The Morgan fingerprint density at radius 3 is 2.56 bits per heavy atom. The van der Waals surface area contributed by atoms with Gasteiger partial charge in [0, 0.05) is 70.7 Å². The number of methoxy groups -OCH3 is 1. The number of piperidine rings is 2. The first-order chi connectivity index (χ1) is 12.2. The van der Waals surface area contributed by atoms with Gasteiger partial charge in [0.15, 0.2) is 0 Å². The molecule has 2 amide bonds. The second-order valence-corrected chi connectivity index (χ2v) is 7.25. The number of hydrogen-bond acceptors (Lipinski definition) is 4. The number of rotatable bonds is 5. The van der Waals surface area contributed by atoms with Crippen LogP contribution in [-0.2, 0) is 11.8 Å². The van der Waals surface area contributed by atoms with E-state index in [9.17, 15) is 4.79 Å². The first kappa shape index (κ1) is 18.2. The third-order valence-corrected chi connectivity index (χ3v) is 5.58. The maximum Gasteiger partial charge on any atom is 0.317 e. The summed E-state index contributed by atoms with van der Waals surface area (Å²) >= 11 is 0. The van der Waals surface area contributed by atoms with Crippen LogP contribution < -0.4 is 5.32 Å². The fourth-order valence-corrected chi connectivity index (χ4v) is 3.93. The molecule has 1 aromatic heterocycles. The average molecular weight is 349 g/mol. The van der Waals surface area contributed by atoms with E-state index in [4.69, 9.17) is 4.74 Å². The van der Waals surface area contributed by atoms with Crippen molar-refractivity contribution in [1.82, 2.24) is 24.7 Å². The minimum absolute atomic E-state index is 0.110. The highest BCUT2D eigenvalue weighted by Gasteiger charge is 2.27. The van der Waals surface area contributed by atoms with E-state index in [0.717, 1.165) is 65.0 Å². The Hall–Kier alpha value is -1.60. The lowest BCUT2D eigenvalue weighted by molar-refractivity contribution is 0.123. The molecule has 0 radical (unpaired) electrons. The molecule has 0 spiro atoms. The monoisotopic (exact) mass is 349 g/mol. The highest BCUT2D eigenvalue weighted by atomic mass is 16.5. The lowest BCUT2D eigenvalue weighted by Gasteiger charge is -2.36. The van der Waals surface area contributed by atoms with Gasteiger partial charge in [-0.15, -0.1) is 0 Å². The van der Waals surface area contributed by atoms with Crippen LogP contribution in [0.25, 0.3) is 0 Å². The van der Waals surface area contributed by atoms with Crippen molar-refractivity contribution in [3.8, 4) is 0 Å². The summed E-state index contributed by atoms with van der Waals surface area (Å²) in [5.41, 5.74) is 1.28. The number of nitrogens with zero attached hydrogens (tertiary/aromatic N) is 4. The standard InChI is InChI=1S/C18H31N5O2/c1-21-14-19-13-17(21)15-3-9-23(10-4-15)18(24)20-16-5-7-22(8-6-16)11-12-25-2/h13-16H,3-12H2,1-2H3,(H,20,24). The Kier molecular flexibility index (Phi) is 6.31. The minimum Gasteiger partial charge on any atom is -0.383 e. The van der Waals surface area contributed by atoms with E-state index in [1.807, 2.05) is 24.5 Å². The summed E-state index contributed by atoms with van der Waals surface area (Å²) in [6.07, 6.45) is 7.90. The van der Waals surface area contributed by atoms with E-state index in [2.05, 4.69) is 19.8 Å². The van der Waals surface area contributed by atoms with Crippen molar-refractivity contribution in [3.63, 3.8) is 0 Å². The molecule has 2 aliphatic heterocycles. The van der Waals surface area contributed by atoms with Gasteiger partial charge < -0.3 is 24.4 Å². The quantitative estimate of drug-likeness (QED) is 0.873.